The molecular weight excluding hydrogens is 325 g/mol. The Morgan fingerprint density at radius 2 is 1.88 bits per heavy atom. The predicted octanol–water partition coefficient (Wildman–Crippen LogP) is 1.79. The molecule has 2 atom stereocenters. The zero-order chi connectivity index (χ0) is 17.9. The van der Waals surface area contributed by atoms with Gasteiger partial charge in [0, 0.05) is 31.2 Å². The van der Waals surface area contributed by atoms with E-state index in [0.717, 1.165) is 11.4 Å². The third kappa shape index (κ3) is 2.06. The van der Waals surface area contributed by atoms with Gasteiger partial charge in [-0.05, 0) is 38.1 Å². The number of hydrogen-bond donors (Lipinski definition) is 0. The zero-order valence-electron chi connectivity index (χ0n) is 14.2. The molecule has 3 aliphatic rings. The summed E-state index contributed by atoms with van der Waals surface area (Å²) in [6, 6.07) is 5.18. The van der Waals surface area contributed by atoms with Gasteiger partial charge in [-0.2, -0.15) is 0 Å². The van der Waals surface area contributed by atoms with Crippen molar-refractivity contribution in [2.75, 3.05) is 18.5 Å². The molecule has 0 saturated carbocycles. The summed E-state index contributed by atoms with van der Waals surface area (Å²) in [5, 5.41) is 0. The van der Waals surface area contributed by atoms with E-state index in [2.05, 4.69) is 4.99 Å². The Balaban J connectivity index is 1.75. The van der Waals surface area contributed by atoms with Crippen LogP contribution in [-0.2, 0) is 4.79 Å². The predicted molar refractivity (Wildman–Crippen MR) is 90.0 cm³/mol. The van der Waals surface area contributed by atoms with Gasteiger partial charge in [0.2, 0.25) is 5.96 Å². The number of imide groups is 1. The molecule has 3 amide bonds. The van der Waals surface area contributed by atoms with Gasteiger partial charge < -0.3 is 9.80 Å². The number of aliphatic imine (C=N–C) groups is 1. The van der Waals surface area contributed by atoms with Gasteiger partial charge >= 0.3 is 6.03 Å². The Morgan fingerprint density at radius 3 is 2.52 bits per heavy atom. The monoisotopic (exact) mass is 343 g/mol. The lowest BCUT2D eigenvalue weighted by molar-refractivity contribution is -0.136. The molecule has 0 N–H and O–H groups in total. The van der Waals surface area contributed by atoms with Crippen LogP contribution in [0.2, 0.25) is 0 Å². The molecule has 130 valence electrons. The van der Waals surface area contributed by atoms with Gasteiger partial charge in [0.15, 0.2) is 12.2 Å². The number of guanidine groups is 1. The number of likely N-dealkylation sites (N-methyl/N-ethyl adjacent to an activating group) is 2. The Bertz CT molecular complexity index is 819. The molecule has 0 aliphatic carbocycles. The highest BCUT2D eigenvalue weighted by Crippen LogP contribution is 2.36. The number of fused-ring (bicyclic) bond motifs is 3. The van der Waals surface area contributed by atoms with E-state index >= 15 is 0 Å². The van der Waals surface area contributed by atoms with E-state index in [4.69, 9.17) is 0 Å². The minimum Gasteiger partial charge on any atom is -0.302 e. The highest BCUT2D eigenvalue weighted by atomic mass is 19.1. The lowest BCUT2D eigenvalue weighted by atomic mass is 10.1. The normalized spacial score (nSPS) is 25.3. The van der Waals surface area contributed by atoms with Crippen LogP contribution in [0.3, 0.4) is 0 Å². The van der Waals surface area contributed by atoms with Gasteiger partial charge in [-0.3, -0.25) is 14.6 Å². The summed E-state index contributed by atoms with van der Waals surface area (Å²) >= 11 is 0. The topological polar surface area (TPSA) is 59.5 Å². The van der Waals surface area contributed by atoms with Gasteiger partial charge in [0.1, 0.15) is 5.82 Å². The van der Waals surface area contributed by atoms with Crippen molar-refractivity contribution in [2.45, 2.75) is 26.1 Å². The van der Waals surface area contributed by atoms with Crippen LogP contribution in [0.15, 0.2) is 41.2 Å². The summed E-state index contributed by atoms with van der Waals surface area (Å²) in [4.78, 5) is 36.2. The number of amides is 3. The van der Waals surface area contributed by atoms with Crippen molar-refractivity contribution >= 4 is 23.6 Å². The van der Waals surface area contributed by atoms with Crippen molar-refractivity contribution in [3.8, 4) is 0 Å². The third-order valence-corrected chi connectivity index (χ3v) is 4.79. The first kappa shape index (κ1) is 15.6. The second-order valence-electron chi connectivity index (χ2n) is 6.25. The average Bonchev–Trinajstić information content (AvgIpc) is 3.09. The van der Waals surface area contributed by atoms with E-state index in [1.54, 1.807) is 31.0 Å². The molecule has 1 fully saturated rings. The van der Waals surface area contributed by atoms with Crippen LogP contribution in [0.25, 0.3) is 0 Å². The van der Waals surface area contributed by atoms with Crippen molar-refractivity contribution in [1.82, 2.24) is 14.7 Å². The number of allylic oxidation sites excluding steroid dienone is 1. The fraction of sp³-hybridized carbons (Fsp3) is 0.353. The first-order valence-corrected chi connectivity index (χ1v) is 8.12. The van der Waals surface area contributed by atoms with E-state index in [0.29, 0.717) is 12.5 Å². The fourth-order valence-electron chi connectivity index (χ4n) is 3.55. The lowest BCUT2D eigenvalue weighted by Gasteiger charge is -2.39. The quantitative estimate of drug-likeness (QED) is 0.821. The zero-order valence-corrected chi connectivity index (χ0v) is 14.2. The van der Waals surface area contributed by atoms with Crippen molar-refractivity contribution < 1.29 is 14.0 Å². The molecule has 3 aliphatic heterocycles. The molecule has 0 spiro atoms. The van der Waals surface area contributed by atoms with E-state index in [1.165, 1.54) is 21.9 Å². The maximum absolute atomic E-state index is 13.2. The third-order valence-electron chi connectivity index (χ3n) is 4.79. The standard InChI is InChI=1S/C17H18FN5O2/c1-4-21-15(24)13-14(20(3)17(21)25)19-16-22(13)9-10(2)23(16)12-7-5-11(18)6-8-12/h5-9,13-14H,4H2,1-3H3. The van der Waals surface area contributed by atoms with E-state index < -0.39 is 12.2 Å². The Hall–Kier alpha value is -2.90. The molecule has 8 heteroatoms. The summed E-state index contributed by atoms with van der Waals surface area (Å²) in [5.74, 6) is 0.00646. The molecule has 0 aromatic heterocycles. The van der Waals surface area contributed by atoms with Crippen molar-refractivity contribution in [1.29, 1.82) is 0 Å². The molecule has 1 aromatic carbocycles. The van der Waals surface area contributed by atoms with Gasteiger partial charge in [0.25, 0.3) is 5.91 Å². The molecular formula is C17H18FN5O2. The smallest absolute Gasteiger partial charge is 0.302 e. The maximum atomic E-state index is 13.2. The number of carbonyl (C=O) groups excluding carboxylic acids is 2. The molecule has 1 aromatic rings. The van der Waals surface area contributed by atoms with Crippen LogP contribution in [0.1, 0.15) is 13.8 Å². The summed E-state index contributed by atoms with van der Waals surface area (Å²) in [7, 11) is 1.65. The van der Waals surface area contributed by atoms with Crippen LogP contribution >= 0.6 is 0 Å². The van der Waals surface area contributed by atoms with Crippen molar-refractivity contribution in [3.63, 3.8) is 0 Å². The number of benzene rings is 1. The number of carbonyl (C=O) groups is 2. The maximum Gasteiger partial charge on any atom is 0.328 e. The van der Waals surface area contributed by atoms with E-state index in [9.17, 15) is 14.0 Å². The number of urea groups is 1. The molecule has 0 bridgehead atoms. The second-order valence-corrected chi connectivity index (χ2v) is 6.25. The average molecular weight is 343 g/mol. The Kier molecular flexibility index (Phi) is 3.31. The molecule has 7 nitrogen and oxygen atoms in total. The lowest BCUT2D eigenvalue weighted by Crippen LogP contribution is -2.64. The molecule has 4 rings (SSSR count). The van der Waals surface area contributed by atoms with Crippen LogP contribution < -0.4 is 4.90 Å². The minimum atomic E-state index is -0.571. The van der Waals surface area contributed by atoms with Crippen LogP contribution in [-0.4, -0.2) is 58.4 Å². The van der Waals surface area contributed by atoms with E-state index in [-0.39, 0.29) is 17.8 Å². The number of anilines is 1. The van der Waals surface area contributed by atoms with Gasteiger partial charge in [-0.25, -0.2) is 14.2 Å². The molecule has 1 saturated heterocycles. The summed E-state index contributed by atoms with van der Waals surface area (Å²) in [6.45, 7) is 3.99. The van der Waals surface area contributed by atoms with Crippen LogP contribution in [0.5, 0.6) is 0 Å². The van der Waals surface area contributed by atoms with E-state index in [1.807, 2.05) is 18.0 Å². The summed E-state index contributed by atoms with van der Waals surface area (Å²) in [5.41, 5.74) is 1.63. The highest BCUT2D eigenvalue weighted by Gasteiger charge is 2.54. The SMILES string of the molecule is CCN1C(=O)C2C(N=C3N(c4ccc(F)cc4)C(C)=CN32)N(C)C1=O. The van der Waals surface area contributed by atoms with Crippen LogP contribution in [0, 0.1) is 5.82 Å². The van der Waals surface area contributed by atoms with Crippen molar-refractivity contribution in [2.24, 2.45) is 4.99 Å². The van der Waals surface area contributed by atoms with Crippen molar-refractivity contribution in [3.05, 3.63) is 42.0 Å². The summed E-state index contributed by atoms with van der Waals surface area (Å²) < 4.78 is 13.2. The molecule has 3 heterocycles. The van der Waals surface area contributed by atoms with Crippen LogP contribution in [0.4, 0.5) is 14.9 Å². The van der Waals surface area contributed by atoms with Gasteiger partial charge in [-0.15, -0.1) is 0 Å². The fourth-order valence-corrected chi connectivity index (χ4v) is 3.55. The summed E-state index contributed by atoms with van der Waals surface area (Å²) in [6.07, 6.45) is 1.28. The first-order valence-electron chi connectivity index (χ1n) is 8.12. The minimum absolute atomic E-state index is 0.251. The second kappa shape index (κ2) is 5.30. The molecule has 25 heavy (non-hydrogen) atoms. The highest BCUT2D eigenvalue weighted by molar-refractivity contribution is 6.09. The molecule has 2 unspecified atom stereocenters. The number of rotatable bonds is 2. The van der Waals surface area contributed by atoms with Gasteiger partial charge in [0.05, 0.1) is 0 Å². The first-order chi connectivity index (χ1) is 11.9. The molecule has 0 radical (unpaired) electrons. The number of hydrogen-bond acceptors (Lipinski definition) is 5. The number of halogens is 1. The largest absolute Gasteiger partial charge is 0.328 e. The number of nitrogens with zero attached hydrogens (tertiary/aromatic N) is 5. The van der Waals surface area contributed by atoms with Gasteiger partial charge in [-0.1, -0.05) is 0 Å². The Labute approximate surface area is 144 Å². The Morgan fingerprint density at radius 1 is 1.20 bits per heavy atom.